The van der Waals surface area contributed by atoms with Crippen molar-refractivity contribution < 1.29 is 9.59 Å². The minimum atomic E-state index is -0.111. The number of carbonyl (C=O) groups excluding carboxylic acids is 2. The van der Waals surface area contributed by atoms with Crippen LogP contribution in [0.5, 0.6) is 0 Å². The van der Waals surface area contributed by atoms with Crippen LogP contribution >= 0.6 is 11.8 Å². The van der Waals surface area contributed by atoms with Crippen molar-refractivity contribution in [2.45, 2.75) is 17.9 Å². The molecule has 0 saturated carbocycles. The van der Waals surface area contributed by atoms with Crippen LogP contribution in [0.4, 0.5) is 11.6 Å². The number of nitrogens with one attached hydrogen (secondary N) is 1. The summed E-state index contributed by atoms with van der Waals surface area (Å²) in [4.78, 5) is 38.6. The Labute approximate surface area is 190 Å². The Morgan fingerprint density at radius 1 is 1.00 bits per heavy atom. The van der Waals surface area contributed by atoms with E-state index in [0.717, 1.165) is 17.9 Å². The van der Waals surface area contributed by atoms with Gasteiger partial charge in [-0.25, -0.2) is 9.97 Å². The first kappa shape index (κ1) is 21.8. The van der Waals surface area contributed by atoms with Crippen molar-refractivity contribution in [2.24, 2.45) is 0 Å². The van der Waals surface area contributed by atoms with Gasteiger partial charge >= 0.3 is 0 Å². The number of benzene rings is 1. The fourth-order valence-electron chi connectivity index (χ4n) is 3.44. The van der Waals surface area contributed by atoms with Crippen LogP contribution in [0.15, 0.2) is 66.1 Å². The molecule has 0 bridgehead atoms. The Morgan fingerprint density at radius 2 is 1.81 bits per heavy atom. The Bertz CT molecular complexity index is 1030. The van der Waals surface area contributed by atoms with E-state index in [-0.39, 0.29) is 18.4 Å². The van der Waals surface area contributed by atoms with E-state index in [1.54, 1.807) is 35.5 Å². The van der Waals surface area contributed by atoms with Crippen molar-refractivity contribution in [3.05, 3.63) is 61.2 Å². The number of nitrogens with zero attached hydrogens (tertiary/aromatic N) is 6. The zero-order chi connectivity index (χ0) is 22.2. The van der Waals surface area contributed by atoms with Crippen LogP contribution < -0.4 is 10.2 Å². The molecule has 0 aliphatic carbocycles. The van der Waals surface area contributed by atoms with Crippen molar-refractivity contribution in [3.63, 3.8) is 0 Å². The number of anilines is 2. The third-order valence-electron chi connectivity index (χ3n) is 5.01. The molecule has 0 unspecified atom stereocenters. The summed E-state index contributed by atoms with van der Waals surface area (Å²) >= 11 is 1.47. The highest BCUT2D eigenvalue weighted by atomic mass is 32.2. The highest BCUT2D eigenvalue weighted by Gasteiger charge is 2.21. The molecule has 1 aliphatic heterocycles. The van der Waals surface area contributed by atoms with E-state index in [4.69, 9.17) is 0 Å². The Morgan fingerprint density at radius 3 is 2.62 bits per heavy atom. The lowest BCUT2D eigenvalue weighted by Gasteiger charge is -2.22. The maximum Gasteiger partial charge on any atom is 0.244 e. The van der Waals surface area contributed by atoms with Crippen molar-refractivity contribution >= 4 is 35.2 Å². The number of thioether (sulfide) groups is 1. The summed E-state index contributed by atoms with van der Waals surface area (Å²) < 4.78 is 1.56. The molecule has 10 heteroatoms. The summed E-state index contributed by atoms with van der Waals surface area (Å²) in [6.45, 7) is 2.93. The Balaban J connectivity index is 1.25. The Kier molecular flexibility index (Phi) is 7.34. The normalized spacial score (nSPS) is 14.1. The standard InChI is InChI=1S/C22H25N7O2S/c30-20(17-32-19-6-2-1-3-7-19)26-18-14-25-29(15-18)16-21(31)27-10-5-11-28(13-12-27)22-23-8-4-9-24-22/h1-4,6-9,14-15H,5,10-13,16-17H2,(H,26,30). The molecular weight excluding hydrogens is 426 g/mol. The number of aromatic nitrogens is 4. The zero-order valence-electron chi connectivity index (χ0n) is 17.6. The second kappa shape index (κ2) is 10.8. The zero-order valence-corrected chi connectivity index (χ0v) is 18.4. The molecule has 0 spiro atoms. The molecule has 2 aromatic heterocycles. The van der Waals surface area contributed by atoms with Crippen molar-refractivity contribution in [3.8, 4) is 0 Å². The minimum Gasteiger partial charge on any atom is -0.339 e. The smallest absolute Gasteiger partial charge is 0.244 e. The van der Waals surface area contributed by atoms with Crippen LogP contribution in [0.3, 0.4) is 0 Å². The number of carbonyl (C=O) groups is 2. The molecule has 0 radical (unpaired) electrons. The topological polar surface area (TPSA) is 96.2 Å². The van der Waals surface area contributed by atoms with Gasteiger partial charge in [0.2, 0.25) is 17.8 Å². The third kappa shape index (κ3) is 6.07. The van der Waals surface area contributed by atoms with E-state index >= 15 is 0 Å². The SMILES string of the molecule is O=C(CSc1ccccc1)Nc1cnn(CC(=O)N2CCCN(c3ncccn3)CC2)c1. The van der Waals surface area contributed by atoms with Gasteiger partial charge in [-0.2, -0.15) is 5.10 Å². The molecule has 1 fully saturated rings. The highest BCUT2D eigenvalue weighted by molar-refractivity contribution is 8.00. The van der Waals surface area contributed by atoms with Gasteiger partial charge in [0.1, 0.15) is 6.54 Å². The van der Waals surface area contributed by atoms with Crippen LogP contribution in [0, 0.1) is 0 Å². The first-order valence-electron chi connectivity index (χ1n) is 10.5. The van der Waals surface area contributed by atoms with Gasteiger partial charge in [0.15, 0.2) is 0 Å². The summed E-state index contributed by atoms with van der Waals surface area (Å²) in [5.41, 5.74) is 0.583. The summed E-state index contributed by atoms with van der Waals surface area (Å²) in [6, 6.07) is 11.6. The summed E-state index contributed by atoms with van der Waals surface area (Å²) in [6.07, 6.45) is 7.55. The maximum absolute atomic E-state index is 12.8. The van der Waals surface area contributed by atoms with Crippen LogP contribution in [-0.4, -0.2) is 68.4 Å². The van der Waals surface area contributed by atoms with Crippen LogP contribution in [0.25, 0.3) is 0 Å². The lowest BCUT2D eigenvalue weighted by atomic mass is 10.3. The van der Waals surface area contributed by atoms with Gasteiger partial charge in [0.05, 0.1) is 17.6 Å². The number of hydrogen-bond acceptors (Lipinski definition) is 7. The minimum absolute atomic E-state index is 0.00133. The first-order valence-corrected chi connectivity index (χ1v) is 11.5. The molecule has 0 atom stereocenters. The maximum atomic E-state index is 12.8. The molecule has 3 heterocycles. The lowest BCUT2D eigenvalue weighted by molar-refractivity contribution is -0.131. The lowest BCUT2D eigenvalue weighted by Crippen LogP contribution is -2.37. The van der Waals surface area contributed by atoms with E-state index in [0.29, 0.717) is 37.0 Å². The molecule has 4 rings (SSSR count). The summed E-state index contributed by atoms with van der Waals surface area (Å²) in [5, 5.41) is 7.06. The van der Waals surface area contributed by atoms with Gasteiger partial charge < -0.3 is 15.1 Å². The number of rotatable bonds is 7. The van der Waals surface area contributed by atoms with Crippen molar-refractivity contribution in [1.29, 1.82) is 0 Å². The molecule has 1 aromatic carbocycles. The molecule has 32 heavy (non-hydrogen) atoms. The van der Waals surface area contributed by atoms with E-state index < -0.39 is 0 Å². The molecular formula is C22H25N7O2S. The van der Waals surface area contributed by atoms with Gasteiger partial charge in [-0.15, -0.1) is 11.8 Å². The van der Waals surface area contributed by atoms with Gasteiger partial charge in [-0.05, 0) is 24.6 Å². The predicted molar refractivity (Wildman–Crippen MR) is 123 cm³/mol. The fourth-order valence-corrected chi connectivity index (χ4v) is 4.16. The summed E-state index contributed by atoms with van der Waals surface area (Å²) in [7, 11) is 0. The first-order chi connectivity index (χ1) is 15.7. The van der Waals surface area contributed by atoms with E-state index in [1.807, 2.05) is 35.2 Å². The molecule has 2 amide bonds. The van der Waals surface area contributed by atoms with E-state index in [9.17, 15) is 9.59 Å². The van der Waals surface area contributed by atoms with Gasteiger partial charge in [-0.3, -0.25) is 14.3 Å². The second-order valence-electron chi connectivity index (χ2n) is 7.35. The molecule has 1 saturated heterocycles. The quantitative estimate of drug-likeness (QED) is 0.550. The van der Waals surface area contributed by atoms with E-state index in [2.05, 4.69) is 25.3 Å². The average molecular weight is 452 g/mol. The van der Waals surface area contributed by atoms with Crippen molar-refractivity contribution in [2.75, 3.05) is 42.1 Å². The summed E-state index contributed by atoms with van der Waals surface area (Å²) in [5.74, 6) is 0.894. The molecule has 1 aliphatic rings. The Hall–Kier alpha value is -3.40. The van der Waals surface area contributed by atoms with Gasteiger partial charge in [-0.1, -0.05) is 18.2 Å². The largest absolute Gasteiger partial charge is 0.339 e. The molecule has 1 N–H and O–H groups in total. The van der Waals surface area contributed by atoms with E-state index in [1.165, 1.54) is 11.8 Å². The van der Waals surface area contributed by atoms with Crippen LogP contribution in [0.2, 0.25) is 0 Å². The van der Waals surface area contributed by atoms with Gasteiger partial charge in [0.25, 0.3) is 0 Å². The highest BCUT2D eigenvalue weighted by Crippen LogP contribution is 2.17. The molecule has 3 aromatic rings. The number of amides is 2. The molecule has 9 nitrogen and oxygen atoms in total. The van der Waals surface area contributed by atoms with Crippen LogP contribution in [-0.2, 0) is 16.1 Å². The predicted octanol–water partition coefficient (Wildman–Crippen LogP) is 2.14. The fraction of sp³-hybridized carbons (Fsp3) is 0.318. The van der Waals surface area contributed by atoms with Gasteiger partial charge in [0, 0.05) is 49.7 Å². The average Bonchev–Trinajstić information content (AvgIpc) is 3.10. The second-order valence-corrected chi connectivity index (χ2v) is 8.40. The van der Waals surface area contributed by atoms with Crippen LogP contribution in [0.1, 0.15) is 6.42 Å². The molecule has 166 valence electrons. The van der Waals surface area contributed by atoms with Crippen molar-refractivity contribution in [1.82, 2.24) is 24.6 Å². The monoisotopic (exact) mass is 451 g/mol. The number of hydrogen-bond donors (Lipinski definition) is 1. The third-order valence-corrected chi connectivity index (χ3v) is 6.02.